The van der Waals surface area contributed by atoms with E-state index >= 15 is 0 Å². The van der Waals surface area contributed by atoms with Gasteiger partial charge in [0.25, 0.3) is 6.47 Å². The number of rotatable bonds is 0. The Hall–Kier alpha value is -1.30. The van der Waals surface area contributed by atoms with Crippen molar-refractivity contribution in [1.29, 1.82) is 0 Å². The Morgan fingerprint density at radius 1 is 1.53 bits per heavy atom. The third-order valence-corrected chi connectivity index (χ3v) is 3.18. The van der Waals surface area contributed by atoms with E-state index < -0.39 is 6.09 Å². The van der Waals surface area contributed by atoms with Crippen molar-refractivity contribution in [3.05, 3.63) is 0 Å². The van der Waals surface area contributed by atoms with Crippen LogP contribution < -0.4 is 5.32 Å². The molecule has 3 unspecified atom stereocenters. The van der Waals surface area contributed by atoms with Crippen LogP contribution in [0.5, 0.6) is 0 Å². The molecule has 0 aromatic rings. The first-order valence-electron chi connectivity index (χ1n) is 4.90. The summed E-state index contributed by atoms with van der Waals surface area (Å²) in [6.45, 7) is 4.44. The summed E-state index contributed by atoms with van der Waals surface area (Å²) < 4.78 is 0. The normalized spacial score (nSPS) is 32.9. The van der Waals surface area contributed by atoms with Crippen LogP contribution >= 0.6 is 0 Å². The van der Waals surface area contributed by atoms with Crippen LogP contribution in [-0.4, -0.2) is 53.4 Å². The van der Waals surface area contributed by atoms with Gasteiger partial charge in [-0.1, -0.05) is 0 Å². The number of likely N-dealkylation sites (tertiary alicyclic amines) is 1. The average molecular weight is 216 g/mol. The summed E-state index contributed by atoms with van der Waals surface area (Å²) in [7, 11) is 0. The van der Waals surface area contributed by atoms with E-state index in [1.807, 2.05) is 6.92 Å². The third kappa shape index (κ3) is 2.38. The SMILES string of the molecule is CC1C2CNCC2CN1C(=O)O.O=CO. The monoisotopic (exact) mass is 216 g/mol. The van der Waals surface area contributed by atoms with Gasteiger partial charge in [-0.05, 0) is 18.8 Å². The zero-order chi connectivity index (χ0) is 11.4. The third-order valence-electron chi connectivity index (χ3n) is 3.18. The van der Waals surface area contributed by atoms with Crippen LogP contribution in [0.15, 0.2) is 0 Å². The Morgan fingerprint density at radius 3 is 2.60 bits per heavy atom. The highest BCUT2D eigenvalue weighted by Crippen LogP contribution is 2.31. The van der Waals surface area contributed by atoms with E-state index in [4.69, 9.17) is 15.0 Å². The van der Waals surface area contributed by atoms with Crippen molar-refractivity contribution in [2.45, 2.75) is 13.0 Å². The van der Waals surface area contributed by atoms with Gasteiger partial charge in [-0.25, -0.2) is 4.79 Å². The summed E-state index contributed by atoms with van der Waals surface area (Å²) in [6, 6.07) is 0.197. The van der Waals surface area contributed by atoms with Crippen molar-refractivity contribution in [2.75, 3.05) is 19.6 Å². The van der Waals surface area contributed by atoms with Gasteiger partial charge < -0.3 is 20.4 Å². The maximum Gasteiger partial charge on any atom is 0.407 e. The van der Waals surface area contributed by atoms with Crippen LogP contribution in [0.2, 0.25) is 0 Å². The van der Waals surface area contributed by atoms with Crippen molar-refractivity contribution in [3.8, 4) is 0 Å². The highest BCUT2D eigenvalue weighted by atomic mass is 16.4. The fraction of sp³-hybridized carbons (Fsp3) is 0.778. The van der Waals surface area contributed by atoms with Crippen molar-refractivity contribution >= 4 is 12.6 Å². The van der Waals surface area contributed by atoms with Gasteiger partial charge in [0.05, 0.1) is 0 Å². The molecular formula is C9H16N2O4. The number of hydrogen-bond donors (Lipinski definition) is 3. The van der Waals surface area contributed by atoms with Crippen LogP contribution in [0.25, 0.3) is 0 Å². The number of fused-ring (bicyclic) bond motifs is 1. The van der Waals surface area contributed by atoms with E-state index in [2.05, 4.69) is 5.32 Å². The quantitative estimate of drug-likeness (QED) is 0.492. The number of nitrogens with zero attached hydrogens (tertiary/aromatic N) is 1. The predicted octanol–water partition coefficient (Wildman–Crippen LogP) is -0.0951. The molecule has 0 radical (unpaired) electrons. The highest BCUT2D eigenvalue weighted by molar-refractivity contribution is 5.66. The van der Waals surface area contributed by atoms with Crippen LogP contribution in [0.1, 0.15) is 6.92 Å². The van der Waals surface area contributed by atoms with Crippen LogP contribution in [-0.2, 0) is 4.79 Å². The Kier molecular flexibility index (Phi) is 3.90. The van der Waals surface area contributed by atoms with E-state index in [9.17, 15) is 4.79 Å². The molecule has 3 N–H and O–H groups in total. The molecule has 0 bridgehead atoms. The molecule has 6 heteroatoms. The van der Waals surface area contributed by atoms with Gasteiger partial charge in [0.15, 0.2) is 0 Å². The van der Waals surface area contributed by atoms with Crippen molar-refractivity contribution in [3.63, 3.8) is 0 Å². The lowest BCUT2D eigenvalue weighted by molar-refractivity contribution is -0.122. The molecule has 2 rings (SSSR count). The van der Waals surface area contributed by atoms with Crippen molar-refractivity contribution in [2.24, 2.45) is 11.8 Å². The minimum Gasteiger partial charge on any atom is -0.483 e. The van der Waals surface area contributed by atoms with Crippen molar-refractivity contribution in [1.82, 2.24) is 10.2 Å². The molecule has 0 aromatic heterocycles. The minimum atomic E-state index is -0.767. The average Bonchev–Trinajstić information content (AvgIpc) is 2.70. The van der Waals surface area contributed by atoms with Gasteiger partial charge in [-0.2, -0.15) is 0 Å². The second kappa shape index (κ2) is 4.97. The Balaban J connectivity index is 0.000000337. The van der Waals surface area contributed by atoms with Gasteiger partial charge in [0.2, 0.25) is 0 Å². The van der Waals surface area contributed by atoms with Crippen LogP contribution in [0.4, 0.5) is 4.79 Å². The molecule has 2 aliphatic rings. The highest BCUT2D eigenvalue weighted by Gasteiger charge is 2.43. The molecule has 2 saturated heterocycles. The van der Waals surface area contributed by atoms with Crippen LogP contribution in [0, 0.1) is 11.8 Å². The number of carbonyl (C=O) groups is 2. The molecule has 0 aromatic carbocycles. The molecule has 2 heterocycles. The predicted molar refractivity (Wildman–Crippen MR) is 52.7 cm³/mol. The molecule has 15 heavy (non-hydrogen) atoms. The minimum absolute atomic E-state index is 0.197. The fourth-order valence-corrected chi connectivity index (χ4v) is 2.42. The first kappa shape index (κ1) is 11.8. The lowest BCUT2D eigenvalue weighted by Crippen LogP contribution is -2.36. The van der Waals surface area contributed by atoms with Gasteiger partial charge in [0.1, 0.15) is 0 Å². The van der Waals surface area contributed by atoms with Gasteiger partial charge in [0, 0.05) is 25.7 Å². The summed E-state index contributed by atoms with van der Waals surface area (Å²) in [5.41, 5.74) is 0. The Morgan fingerprint density at radius 2 is 2.13 bits per heavy atom. The van der Waals surface area contributed by atoms with Gasteiger partial charge >= 0.3 is 6.09 Å². The molecule has 0 aliphatic carbocycles. The largest absolute Gasteiger partial charge is 0.483 e. The molecule has 86 valence electrons. The molecule has 2 fully saturated rings. The smallest absolute Gasteiger partial charge is 0.407 e. The molecule has 0 spiro atoms. The topological polar surface area (TPSA) is 89.9 Å². The number of hydrogen-bond acceptors (Lipinski definition) is 3. The van der Waals surface area contributed by atoms with Crippen LogP contribution in [0.3, 0.4) is 0 Å². The molecular weight excluding hydrogens is 200 g/mol. The van der Waals surface area contributed by atoms with E-state index in [0.717, 1.165) is 13.1 Å². The number of nitrogens with one attached hydrogen (secondary N) is 1. The second-order valence-corrected chi connectivity index (χ2v) is 3.86. The van der Waals surface area contributed by atoms with Gasteiger partial charge in [-0.3, -0.25) is 4.79 Å². The standard InChI is InChI=1S/C8H14N2O2.CH2O2/c1-5-7-3-9-2-6(7)4-10(5)8(11)12;2-1-3/h5-7,9H,2-4H2,1H3,(H,11,12);1H,(H,2,3). The molecule has 0 saturated carbocycles. The van der Waals surface area contributed by atoms with E-state index in [1.165, 1.54) is 0 Å². The fourth-order valence-electron chi connectivity index (χ4n) is 2.42. The zero-order valence-corrected chi connectivity index (χ0v) is 8.59. The zero-order valence-electron chi connectivity index (χ0n) is 8.59. The second-order valence-electron chi connectivity index (χ2n) is 3.86. The first-order valence-corrected chi connectivity index (χ1v) is 4.90. The Bertz CT molecular complexity index is 246. The summed E-state index contributed by atoms with van der Waals surface area (Å²) in [5, 5.41) is 19.0. The summed E-state index contributed by atoms with van der Waals surface area (Å²) >= 11 is 0. The lowest BCUT2D eigenvalue weighted by atomic mass is 9.95. The number of amides is 1. The maximum absolute atomic E-state index is 10.7. The number of carboxylic acid groups (broad SMARTS) is 2. The Labute approximate surface area is 87.9 Å². The summed E-state index contributed by atoms with van der Waals surface area (Å²) in [6.07, 6.45) is -0.767. The summed E-state index contributed by atoms with van der Waals surface area (Å²) in [4.78, 5) is 20.7. The van der Waals surface area contributed by atoms with E-state index in [1.54, 1.807) is 4.90 Å². The van der Waals surface area contributed by atoms with Crippen molar-refractivity contribution < 1.29 is 19.8 Å². The van der Waals surface area contributed by atoms with E-state index in [-0.39, 0.29) is 12.5 Å². The molecule has 1 amide bonds. The van der Waals surface area contributed by atoms with E-state index in [0.29, 0.717) is 18.4 Å². The lowest BCUT2D eigenvalue weighted by Gasteiger charge is -2.20. The van der Waals surface area contributed by atoms with Gasteiger partial charge in [-0.15, -0.1) is 0 Å². The first-order chi connectivity index (χ1) is 7.11. The maximum atomic E-state index is 10.7. The molecule has 3 atom stereocenters. The molecule has 2 aliphatic heterocycles. The molecule has 6 nitrogen and oxygen atoms in total. The summed E-state index contributed by atoms with van der Waals surface area (Å²) in [5.74, 6) is 1.09.